The molecule has 10 aromatic rings. The Hall–Kier alpha value is -9.10. The van der Waals surface area contributed by atoms with E-state index in [0.29, 0.717) is 0 Å². The number of terminal acetylenes is 1. The number of aromatic hydroxyl groups is 1. The normalized spacial score (nSPS) is 16.4. The fourth-order valence-corrected chi connectivity index (χ4v) is 12.1. The molecule has 0 saturated carbocycles. The molecule has 9 heteroatoms. The van der Waals surface area contributed by atoms with Crippen molar-refractivity contribution in [3.63, 3.8) is 0 Å². The number of rotatable bonds is 10. The van der Waals surface area contributed by atoms with Crippen molar-refractivity contribution >= 4 is 60.5 Å². The van der Waals surface area contributed by atoms with Crippen molar-refractivity contribution < 1.29 is 33.9 Å². The van der Waals surface area contributed by atoms with E-state index in [1.807, 2.05) is 91.0 Å². The van der Waals surface area contributed by atoms with Gasteiger partial charge in [-0.1, -0.05) is 139 Å². The van der Waals surface area contributed by atoms with Crippen LogP contribution in [0.25, 0.3) is 49.2 Å². The van der Waals surface area contributed by atoms with Gasteiger partial charge in [-0.05, 0) is 105 Å². The molecular weight excluding hydrogens is 1000 g/mol. The summed E-state index contributed by atoms with van der Waals surface area (Å²) in [5.41, 5.74) is 5.01. The van der Waals surface area contributed by atoms with Gasteiger partial charge < -0.3 is 43.7 Å². The number of phenolic OH excluding ortho intramolecular Hbond substituents is 1. The van der Waals surface area contributed by atoms with Crippen molar-refractivity contribution in [1.29, 1.82) is 0 Å². The first-order valence-electron chi connectivity index (χ1n) is 28.0. The van der Waals surface area contributed by atoms with E-state index in [1.54, 1.807) is 40.6 Å². The molecule has 13 rings (SSSR count). The van der Waals surface area contributed by atoms with Crippen LogP contribution in [0.2, 0.25) is 0 Å². The lowest BCUT2D eigenvalue weighted by atomic mass is 9.82. The van der Waals surface area contributed by atoms with Crippen LogP contribution in [0.3, 0.4) is 0 Å². The van der Waals surface area contributed by atoms with E-state index in [4.69, 9.17) is 30.1 Å². The van der Waals surface area contributed by atoms with Crippen LogP contribution in [0, 0.1) is 12.3 Å². The number of benzene rings is 10. The lowest BCUT2D eigenvalue weighted by molar-refractivity contribution is 0.145. The second-order valence-corrected chi connectivity index (χ2v) is 20.8. The molecule has 2 atom stereocenters. The molecule has 0 amide bonds. The van der Waals surface area contributed by atoms with Gasteiger partial charge in [0.15, 0.2) is 11.2 Å². The van der Waals surface area contributed by atoms with Crippen molar-refractivity contribution in [3.8, 4) is 46.8 Å². The number of fused-ring (bicyclic) bond motifs is 6. The average molecular weight is 1070 g/mol. The van der Waals surface area contributed by atoms with Crippen molar-refractivity contribution in [1.82, 2.24) is 0 Å². The molecule has 2 unspecified atom stereocenters. The quantitative estimate of drug-likeness (QED) is 0.103. The molecule has 81 heavy (non-hydrogen) atoms. The largest absolute Gasteiger partial charge is 0.508 e. The summed E-state index contributed by atoms with van der Waals surface area (Å²) in [5, 5.41) is 28.4. The van der Waals surface area contributed by atoms with E-state index in [0.717, 1.165) is 126 Å². The summed E-state index contributed by atoms with van der Waals surface area (Å²) in [6.07, 6.45) is 17.7. The molecular formula is C72H68N2O7. The summed E-state index contributed by atoms with van der Waals surface area (Å²) < 4.78 is 30.1. The van der Waals surface area contributed by atoms with Gasteiger partial charge in [0.25, 0.3) is 0 Å². The molecule has 10 aromatic carbocycles. The number of phenols is 1. The molecule has 0 aromatic heterocycles. The molecule has 2 N–H and O–H groups in total. The maximum Gasteiger partial charge on any atom is 0.178 e. The summed E-state index contributed by atoms with van der Waals surface area (Å²) in [5.74, 6) is 6.80. The Balaban J connectivity index is 0.000000142. The highest BCUT2D eigenvalue weighted by atomic mass is 16.5. The highest BCUT2D eigenvalue weighted by molar-refractivity contribution is 6.15. The Bertz CT molecular complexity index is 3900. The maximum atomic E-state index is 10.9. The first-order valence-corrected chi connectivity index (χ1v) is 28.0. The summed E-state index contributed by atoms with van der Waals surface area (Å²) in [6, 6.07) is 62.4. The Morgan fingerprint density at radius 2 is 0.901 bits per heavy atom. The summed E-state index contributed by atoms with van der Waals surface area (Å²) in [6.45, 7) is 4.47. The molecule has 0 radical (unpaired) electrons. The van der Waals surface area contributed by atoms with Gasteiger partial charge in [-0.2, -0.15) is 0 Å². The molecule has 408 valence electrons. The van der Waals surface area contributed by atoms with Crippen molar-refractivity contribution in [2.45, 2.75) is 49.7 Å². The zero-order chi connectivity index (χ0) is 55.9. The van der Waals surface area contributed by atoms with Crippen LogP contribution < -0.4 is 33.5 Å². The molecule has 0 aliphatic carbocycles. The summed E-state index contributed by atoms with van der Waals surface area (Å²) in [7, 11) is 6.75. The monoisotopic (exact) mass is 1070 g/mol. The fraction of sp³-hybridized carbons (Fsp3) is 0.222. The van der Waals surface area contributed by atoms with Crippen LogP contribution in [0.5, 0.6) is 34.5 Å². The van der Waals surface area contributed by atoms with Crippen LogP contribution in [-0.2, 0) is 11.2 Å². The summed E-state index contributed by atoms with van der Waals surface area (Å²) in [4.78, 5) is 4.89. The number of nitrogens with zero attached hydrogens (tertiary/aromatic N) is 2. The molecule has 3 aliphatic rings. The molecule has 2 saturated heterocycles. The third kappa shape index (κ3) is 10.3. The number of hydrogen-bond acceptors (Lipinski definition) is 9. The van der Waals surface area contributed by atoms with Crippen LogP contribution >= 0.6 is 0 Å². The van der Waals surface area contributed by atoms with Crippen molar-refractivity contribution in [3.05, 3.63) is 222 Å². The van der Waals surface area contributed by atoms with Gasteiger partial charge in [-0.3, -0.25) is 0 Å². The maximum absolute atomic E-state index is 10.9. The first-order chi connectivity index (χ1) is 39.7. The minimum atomic E-state index is -1.37. The van der Waals surface area contributed by atoms with Gasteiger partial charge >= 0.3 is 0 Å². The fourth-order valence-electron chi connectivity index (χ4n) is 12.1. The van der Waals surface area contributed by atoms with E-state index in [9.17, 15) is 10.2 Å². The van der Waals surface area contributed by atoms with Crippen molar-refractivity contribution in [2.24, 2.45) is 0 Å². The highest BCUT2D eigenvalue weighted by Gasteiger charge is 2.38. The van der Waals surface area contributed by atoms with Gasteiger partial charge in [-0.25, -0.2) is 0 Å². The molecule has 3 heterocycles. The lowest BCUT2D eigenvalue weighted by Gasteiger charge is -2.37. The predicted molar refractivity (Wildman–Crippen MR) is 331 cm³/mol. The second kappa shape index (κ2) is 23.7. The standard InChI is InChI=1S/C36H33NO3.C20H21NO.C16H14O3/c1-38-34-28-13-7-8-14-29(28)35(39-2)33-30-21-22-36(25-11-5-3-6-12-25,40-32(30)20-19-31(33)34)26-15-17-27(18-16-26)37-23-9-4-10-24-37;1-2-20(22,17-9-5-3-6-10-17)18-11-13-19(14-12-18)21-15-7-4-8-16-21;1-18-15-11-5-3-4-6-12(11)16(19-2)14-9-10(17)7-8-13(14)15/h3,5-8,11-22H,4,9-10,23-24H2,1-2H3;1,3,5-6,9-14,22H,4,7-8,15-16H2;3-9,17H,1-2H3. The van der Waals surface area contributed by atoms with Gasteiger partial charge in [-0.15, -0.1) is 6.42 Å². The van der Waals surface area contributed by atoms with Crippen LogP contribution in [0.15, 0.2) is 194 Å². The SMILES string of the molecule is C#CC(O)(c1ccccc1)c1ccc(N2CCCCC2)cc1.COc1c2ccccc2c(OC)c2c3c(ccc12)OC(c1ccccc1)(c1ccc(N2CCCCC2)cc1)C=C3.COc1c2ccccc2c(OC)c2cc(O)ccc12. The molecule has 9 nitrogen and oxygen atoms in total. The number of anilines is 2. The van der Waals surface area contributed by atoms with Crippen LogP contribution in [0.1, 0.15) is 66.3 Å². The van der Waals surface area contributed by atoms with E-state index >= 15 is 0 Å². The molecule has 0 bridgehead atoms. The predicted octanol–water partition coefficient (Wildman–Crippen LogP) is 15.6. The summed E-state index contributed by atoms with van der Waals surface area (Å²) >= 11 is 0. The minimum absolute atomic E-state index is 0.211. The second-order valence-electron chi connectivity index (χ2n) is 20.8. The number of aliphatic hydroxyl groups is 1. The number of methoxy groups -OCH3 is 4. The Kier molecular flexibility index (Phi) is 15.8. The third-order valence-corrected chi connectivity index (χ3v) is 16.2. The number of hydrogen-bond donors (Lipinski definition) is 2. The molecule has 3 aliphatic heterocycles. The lowest BCUT2D eigenvalue weighted by Crippen LogP contribution is -2.34. The number of piperidine rings is 2. The van der Waals surface area contributed by atoms with Gasteiger partial charge in [0.1, 0.15) is 34.5 Å². The Morgan fingerprint density at radius 3 is 1.43 bits per heavy atom. The highest BCUT2D eigenvalue weighted by Crippen LogP contribution is 2.51. The average Bonchev–Trinajstić information content (AvgIpc) is 3.66. The molecule has 2 fully saturated rings. The van der Waals surface area contributed by atoms with Gasteiger partial charge in [0, 0.05) is 108 Å². The van der Waals surface area contributed by atoms with E-state index in [2.05, 4.69) is 113 Å². The Morgan fingerprint density at radius 1 is 0.469 bits per heavy atom. The Labute approximate surface area is 475 Å². The van der Waals surface area contributed by atoms with E-state index in [-0.39, 0.29) is 5.75 Å². The first kappa shape index (κ1) is 53.9. The van der Waals surface area contributed by atoms with Gasteiger partial charge in [0.2, 0.25) is 0 Å². The van der Waals surface area contributed by atoms with Gasteiger partial charge in [0.05, 0.1) is 28.4 Å². The third-order valence-electron chi connectivity index (χ3n) is 16.2. The smallest absolute Gasteiger partial charge is 0.178 e. The van der Waals surface area contributed by atoms with Crippen LogP contribution in [-0.4, -0.2) is 64.8 Å². The van der Waals surface area contributed by atoms with Crippen molar-refractivity contribution in [2.75, 3.05) is 64.4 Å². The van der Waals surface area contributed by atoms with E-state index < -0.39 is 11.2 Å². The van der Waals surface area contributed by atoms with Crippen LogP contribution in [0.4, 0.5) is 11.4 Å². The van der Waals surface area contributed by atoms with E-state index in [1.165, 1.54) is 49.9 Å². The number of ether oxygens (including phenoxy) is 5. The zero-order valence-corrected chi connectivity index (χ0v) is 46.5. The topological polar surface area (TPSA) is 93.1 Å². The zero-order valence-electron chi connectivity index (χ0n) is 46.5. The molecule has 0 spiro atoms. The minimum Gasteiger partial charge on any atom is -0.508 e.